The molecule has 1 amide bonds. The number of amides is 1. The van der Waals surface area contributed by atoms with Crippen molar-refractivity contribution in [2.45, 2.75) is 25.4 Å². The molecule has 0 atom stereocenters. The van der Waals surface area contributed by atoms with Gasteiger partial charge in [-0.25, -0.2) is 4.98 Å². The van der Waals surface area contributed by atoms with Crippen molar-refractivity contribution in [3.63, 3.8) is 0 Å². The molecule has 2 fully saturated rings. The van der Waals surface area contributed by atoms with Crippen molar-refractivity contribution in [3.05, 3.63) is 47.8 Å². The third kappa shape index (κ3) is 3.75. The molecule has 3 heterocycles. The largest absolute Gasteiger partial charge is 0.454 e. The van der Waals surface area contributed by atoms with Gasteiger partial charge in [-0.3, -0.25) is 9.69 Å². The summed E-state index contributed by atoms with van der Waals surface area (Å²) >= 11 is 0. The van der Waals surface area contributed by atoms with Gasteiger partial charge in [0.1, 0.15) is 5.69 Å². The number of nitrogens with one attached hydrogen (secondary N) is 1. The Morgan fingerprint density at radius 3 is 2.64 bits per heavy atom. The fourth-order valence-corrected chi connectivity index (χ4v) is 3.66. The second-order valence-electron chi connectivity index (χ2n) is 7.60. The lowest BCUT2D eigenvalue weighted by molar-refractivity contribution is 0.0946. The Bertz CT molecular complexity index is 858. The van der Waals surface area contributed by atoms with Gasteiger partial charge in [-0.05, 0) is 42.7 Å². The van der Waals surface area contributed by atoms with Crippen molar-refractivity contribution in [1.29, 1.82) is 0 Å². The first-order valence-corrected chi connectivity index (χ1v) is 9.87. The Morgan fingerprint density at radius 2 is 1.89 bits per heavy atom. The zero-order chi connectivity index (χ0) is 18.9. The molecule has 0 spiro atoms. The van der Waals surface area contributed by atoms with Gasteiger partial charge in [0.05, 0.1) is 11.9 Å². The first-order chi connectivity index (χ1) is 13.7. The number of ether oxygens (including phenoxy) is 2. The zero-order valence-electron chi connectivity index (χ0n) is 15.8. The number of nitrogens with zero attached hydrogens (tertiary/aromatic N) is 3. The molecule has 1 N–H and O–H groups in total. The summed E-state index contributed by atoms with van der Waals surface area (Å²) in [5.41, 5.74) is 2.81. The molecule has 7 nitrogen and oxygen atoms in total. The smallest absolute Gasteiger partial charge is 0.270 e. The molecule has 146 valence electrons. The highest BCUT2D eigenvalue weighted by atomic mass is 16.7. The van der Waals surface area contributed by atoms with Crippen molar-refractivity contribution in [3.8, 4) is 11.5 Å². The number of rotatable bonds is 5. The van der Waals surface area contributed by atoms with Crippen molar-refractivity contribution in [1.82, 2.24) is 15.2 Å². The predicted octanol–water partition coefficient (Wildman–Crippen LogP) is 2.02. The lowest BCUT2D eigenvalue weighted by atomic mass is 10.1. The van der Waals surface area contributed by atoms with Crippen LogP contribution in [-0.4, -0.2) is 54.8 Å². The van der Waals surface area contributed by atoms with Crippen LogP contribution in [0.15, 0.2) is 36.5 Å². The Balaban J connectivity index is 1.15. The van der Waals surface area contributed by atoms with E-state index in [2.05, 4.69) is 32.2 Å². The summed E-state index contributed by atoms with van der Waals surface area (Å²) in [5, 5.41) is 2.98. The molecular formula is C21H24N4O3. The Labute approximate surface area is 164 Å². The van der Waals surface area contributed by atoms with Crippen molar-refractivity contribution in [2.24, 2.45) is 0 Å². The van der Waals surface area contributed by atoms with E-state index in [0.29, 0.717) is 18.5 Å². The molecule has 5 rings (SSSR count). The molecule has 2 aromatic rings. The van der Waals surface area contributed by atoms with Gasteiger partial charge in [0.25, 0.3) is 5.91 Å². The van der Waals surface area contributed by atoms with E-state index >= 15 is 0 Å². The number of anilines is 1. The van der Waals surface area contributed by atoms with Crippen LogP contribution in [0.3, 0.4) is 0 Å². The lowest BCUT2D eigenvalue weighted by Gasteiger charge is -2.36. The van der Waals surface area contributed by atoms with Gasteiger partial charge in [0.2, 0.25) is 6.79 Å². The minimum Gasteiger partial charge on any atom is -0.454 e. The van der Waals surface area contributed by atoms with Gasteiger partial charge in [0, 0.05) is 38.8 Å². The molecule has 1 saturated heterocycles. The number of piperazine rings is 1. The van der Waals surface area contributed by atoms with Crippen LogP contribution in [0.25, 0.3) is 0 Å². The SMILES string of the molecule is O=C(NC1CC1)c1ccc(N2CCN(Cc3ccc4c(c3)OCO4)CC2)cn1. The summed E-state index contributed by atoms with van der Waals surface area (Å²) < 4.78 is 10.8. The second kappa shape index (κ2) is 7.31. The van der Waals surface area contributed by atoms with Gasteiger partial charge in [0.15, 0.2) is 11.5 Å². The maximum absolute atomic E-state index is 12.1. The van der Waals surface area contributed by atoms with E-state index in [0.717, 1.165) is 62.8 Å². The topological polar surface area (TPSA) is 66.9 Å². The fraction of sp³-hybridized carbons (Fsp3) is 0.429. The molecule has 0 unspecified atom stereocenters. The van der Waals surface area contributed by atoms with E-state index in [1.54, 1.807) is 0 Å². The normalized spacial score (nSPS) is 18.9. The Morgan fingerprint density at radius 1 is 1.07 bits per heavy atom. The first kappa shape index (κ1) is 17.3. The predicted molar refractivity (Wildman–Crippen MR) is 105 cm³/mol. The maximum Gasteiger partial charge on any atom is 0.270 e. The van der Waals surface area contributed by atoms with Crippen LogP contribution >= 0.6 is 0 Å². The average molecular weight is 380 g/mol. The lowest BCUT2D eigenvalue weighted by Crippen LogP contribution is -2.46. The quantitative estimate of drug-likeness (QED) is 0.856. The maximum atomic E-state index is 12.1. The van der Waals surface area contributed by atoms with Gasteiger partial charge in [-0.2, -0.15) is 0 Å². The van der Waals surface area contributed by atoms with Gasteiger partial charge >= 0.3 is 0 Å². The fourth-order valence-electron chi connectivity index (χ4n) is 3.66. The summed E-state index contributed by atoms with van der Waals surface area (Å²) in [6.45, 7) is 5.08. The third-order valence-electron chi connectivity index (χ3n) is 5.47. The highest BCUT2D eigenvalue weighted by Gasteiger charge is 2.24. The highest BCUT2D eigenvalue weighted by molar-refractivity contribution is 5.92. The van der Waals surface area contributed by atoms with Crippen LogP contribution < -0.4 is 19.7 Å². The Kier molecular flexibility index (Phi) is 4.52. The second-order valence-corrected chi connectivity index (χ2v) is 7.60. The number of aromatic nitrogens is 1. The number of benzene rings is 1. The molecule has 28 heavy (non-hydrogen) atoms. The number of fused-ring (bicyclic) bond motifs is 1. The van der Waals surface area contributed by atoms with Gasteiger partial charge < -0.3 is 19.7 Å². The number of hydrogen-bond donors (Lipinski definition) is 1. The number of hydrogen-bond acceptors (Lipinski definition) is 6. The zero-order valence-corrected chi connectivity index (χ0v) is 15.8. The van der Waals surface area contributed by atoms with Crippen molar-refractivity contribution >= 4 is 11.6 Å². The van der Waals surface area contributed by atoms with E-state index in [1.807, 2.05) is 24.4 Å². The molecular weight excluding hydrogens is 356 g/mol. The Hall–Kier alpha value is -2.80. The van der Waals surface area contributed by atoms with Crippen LogP contribution in [0, 0.1) is 0 Å². The van der Waals surface area contributed by atoms with Crippen molar-refractivity contribution < 1.29 is 14.3 Å². The monoisotopic (exact) mass is 380 g/mol. The summed E-state index contributed by atoms with van der Waals surface area (Å²) in [4.78, 5) is 21.2. The molecule has 2 aliphatic heterocycles. The van der Waals surface area contributed by atoms with Crippen molar-refractivity contribution in [2.75, 3.05) is 37.9 Å². The summed E-state index contributed by atoms with van der Waals surface area (Å²) in [6.07, 6.45) is 3.98. The van der Waals surface area contributed by atoms with Crippen LogP contribution in [0.1, 0.15) is 28.9 Å². The van der Waals surface area contributed by atoms with E-state index in [1.165, 1.54) is 5.56 Å². The summed E-state index contributed by atoms with van der Waals surface area (Å²) in [7, 11) is 0. The average Bonchev–Trinajstić information content (AvgIpc) is 3.42. The highest BCUT2D eigenvalue weighted by Crippen LogP contribution is 2.33. The number of carbonyl (C=O) groups is 1. The molecule has 0 radical (unpaired) electrons. The molecule has 3 aliphatic rings. The van der Waals surface area contributed by atoms with E-state index in [4.69, 9.17) is 9.47 Å². The summed E-state index contributed by atoms with van der Waals surface area (Å²) in [6, 6.07) is 10.3. The van der Waals surface area contributed by atoms with E-state index < -0.39 is 0 Å². The third-order valence-corrected chi connectivity index (χ3v) is 5.47. The number of carbonyl (C=O) groups excluding carboxylic acids is 1. The molecule has 1 aliphatic carbocycles. The van der Waals surface area contributed by atoms with E-state index in [9.17, 15) is 4.79 Å². The first-order valence-electron chi connectivity index (χ1n) is 9.87. The summed E-state index contributed by atoms with van der Waals surface area (Å²) in [5.74, 6) is 1.60. The molecule has 0 bridgehead atoms. The van der Waals surface area contributed by atoms with Gasteiger partial charge in [-0.15, -0.1) is 0 Å². The van der Waals surface area contributed by atoms with Gasteiger partial charge in [-0.1, -0.05) is 6.07 Å². The van der Waals surface area contributed by atoms with Crippen LogP contribution in [0.4, 0.5) is 5.69 Å². The standard InChI is InChI=1S/C21H24N4O3/c26-21(23-16-2-3-16)18-5-4-17(12-22-18)25-9-7-24(8-10-25)13-15-1-6-19-20(11-15)28-14-27-19/h1,4-6,11-12,16H,2-3,7-10,13-14H2,(H,23,26). The minimum atomic E-state index is -0.0670. The molecule has 1 aromatic heterocycles. The minimum absolute atomic E-state index is 0.0670. The molecule has 7 heteroatoms. The number of pyridine rings is 1. The van der Waals surface area contributed by atoms with Crippen LogP contribution in [0.5, 0.6) is 11.5 Å². The van der Waals surface area contributed by atoms with E-state index in [-0.39, 0.29) is 5.91 Å². The van der Waals surface area contributed by atoms with Crippen LogP contribution in [-0.2, 0) is 6.54 Å². The molecule has 1 aromatic carbocycles. The van der Waals surface area contributed by atoms with Crippen LogP contribution in [0.2, 0.25) is 0 Å². The molecule has 1 saturated carbocycles.